The molecule has 162 valence electrons. The maximum absolute atomic E-state index is 13.3. The number of aromatic carboxylic acids is 1. The predicted octanol–water partition coefficient (Wildman–Crippen LogP) is 4.00. The van der Waals surface area contributed by atoms with Crippen LogP contribution in [0.25, 0.3) is 11.3 Å². The van der Waals surface area contributed by atoms with Crippen LogP contribution in [0.3, 0.4) is 0 Å². The summed E-state index contributed by atoms with van der Waals surface area (Å²) in [6.07, 6.45) is 2.84. The Morgan fingerprint density at radius 1 is 0.909 bits per heavy atom. The second-order valence-corrected chi connectivity index (χ2v) is 8.06. The number of rotatable bonds is 6. The van der Waals surface area contributed by atoms with E-state index in [0.717, 1.165) is 28.1 Å². The lowest BCUT2D eigenvalue weighted by molar-refractivity contribution is -0.552. The molecule has 1 unspecified atom stereocenters. The number of carbonyl (C=O) groups excluding carboxylic acids is 1. The van der Waals surface area contributed by atoms with E-state index >= 15 is 0 Å². The number of nitrogens with one attached hydrogen (secondary N) is 1. The topological polar surface area (TPSA) is 83.2 Å². The normalized spacial score (nSPS) is 14.5. The molecule has 6 heteroatoms. The van der Waals surface area contributed by atoms with Crippen LogP contribution in [0, 0.1) is 0 Å². The third-order valence-electron chi connectivity index (χ3n) is 5.79. The third-order valence-corrected chi connectivity index (χ3v) is 5.79. The highest BCUT2D eigenvalue weighted by Crippen LogP contribution is 2.25. The van der Waals surface area contributed by atoms with E-state index in [0.29, 0.717) is 18.7 Å². The van der Waals surface area contributed by atoms with Gasteiger partial charge in [-0.1, -0.05) is 72.8 Å². The molecule has 5 rings (SSSR count). The zero-order valence-electron chi connectivity index (χ0n) is 17.8. The van der Waals surface area contributed by atoms with E-state index < -0.39 is 12.0 Å². The van der Waals surface area contributed by atoms with E-state index in [2.05, 4.69) is 5.32 Å². The van der Waals surface area contributed by atoms with Crippen LogP contribution < -0.4 is 9.88 Å². The minimum absolute atomic E-state index is 0.0544. The fourth-order valence-corrected chi connectivity index (χ4v) is 4.09. The highest BCUT2D eigenvalue weighted by molar-refractivity contribution is 5.87. The van der Waals surface area contributed by atoms with Crippen molar-refractivity contribution in [2.75, 3.05) is 5.32 Å². The number of fused-ring (bicyclic) bond motifs is 1. The van der Waals surface area contributed by atoms with E-state index in [9.17, 15) is 9.59 Å². The molecule has 0 saturated carbocycles. The summed E-state index contributed by atoms with van der Waals surface area (Å²) in [5.74, 6) is -0.318. The summed E-state index contributed by atoms with van der Waals surface area (Å²) in [7, 11) is 0. The van der Waals surface area contributed by atoms with Gasteiger partial charge in [-0.3, -0.25) is 5.32 Å². The van der Waals surface area contributed by atoms with Crippen molar-refractivity contribution in [1.82, 2.24) is 4.98 Å². The molecule has 1 aliphatic rings. The van der Waals surface area contributed by atoms with Gasteiger partial charge in [0, 0.05) is 18.4 Å². The molecule has 0 amide bonds. The molecule has 2 N–H and O–H groups in total. The van der Waals surface area contributed by atoms with Crippen molar-refractivity contribution in [1.29, 1.82) is 0 Å². The van der Waals surface area contributed by atoms with Crippen LogP contribution in [-0.2, 0) is 12.8 Å². The maximum atomic E-state index is 13.3. The maximum Gasteiger partial charge on any atom is 0.359 e. The molecule has 2 heterocycles. The molecular weight excluding hydrogens is 414 g/mol. The van der Waals surface area contributed by atoms with Crippen molar-refractivity contribution >= 4 is 17.7 Å². The number of hydrogen-bond acceptors (Lipinski definition) is 4. The first-order chi connectivity index (χ1) is 16.1. The number of carboxylic acids is 1. The van der Waals surface area contributed by atoms with Crippen molar-refractivity contribution in [3.63, 3.8) is 0 Å². The smallest absolute Gasteiger partial charge is 0.359 e. The van der Waals surface area contributed by atoms with Gasteiger partial charge >= 0.3 is 17.7 Å². The molecule has 1 aliphatic heterocycles. The van der Waals surface area contributed by atoms with E-state index in [4.69, 9.17) is 10.1 Å². The number of nitrogens with zero attached hydrogens (tertiary/aromatic N) is 2. The zero-order chi connectivity index (χ0) is 22.8. The predicted molar refractivity (Wildman–Crippen MR) is 124 cm³/mol. The lowest BCUT2D eigenvalue weighted by Gasteiger charge is -2.07. The molecule has 0 fully saturated rings. The summed E-state index contributed by atoms with van der Waals surface area (Å²) in [5, 5.41) is 12.5. The van der Waals surface area contributed by atoms with Crippen molar-refractivity contribution in [2.45, 2.75) is 18.9 Å². The Kier molecular flexibility index (Phi) is 5.40. The fraction of sp³-hybridized carbons (Fsp3) is 0.111. The van der Waals surface area contributed by atoms with Crippen molar-refractivity contribution in [2.24, 2.45) is 0 Å². The number of hydrogen-bond donors (Lipinski definition) is 2. The van der Waals surface area contributed by atoms with Gasteiger partial charge in [0.2, 0.25) is 0 Å². The van der Waals surface area contributed by atoms with Crippen LogP contribution in [0.15, 0.2) is 91.1 Å². The SMILES string of the molecule is O=C(O)c1ccc(CC2Nc3c(Cc4ccccc4)nc(-c4ccccc4)c[n+]3C2=O)cc1. The molecule has 1 aromatic heterocycles. The van der Waals surface area contributed by atoms with E-state index in [1.54, 1.807) is 35.0 Å². The molecule has 6 nitrogen and oxygen atoms in total. The second kappa shape index (κ2) is 8.67. The van der Waals surface area contributed by atoms with Gasteiger partial charge < -0.3 is 5.11 Å². The van der Waals surface area contributed by atoms with Gasteiger partial charge in [-0.15, -0.1) is 0 Å². The molecule has 0 spiro atoms. The Bertz CT molecular complexity index is 1320. The average molecular weight is 436 g/mol. The lowest BCUT2D eigenvalue weighted by Crippen LogP contribution is -2.44. The first kappa shape index (κ1) is 20.6. The van der Waals surface area contributed by atoms with Crippen LogP contribution >= 0.6 is 0 Å². The van der Waals surface area contributed by atoms with Gasteiger partial charge in [-0.25, -0.2) is 14.6 Å². The largest absolute Gasteiger partial charge is 0.478 e. The summed E-state index contributed by atoms with van der Waals surface area (Å²) in [6.45, 7) is 0. The van der Waals surface area contributed by atoms with E-state index in [1.807, 2.05) is 60.7 Å². The molecular formula is C27H22N3O3+. The summed E-state index contributed by atoms with van der Waals surface area (Å²) < 4.78 is 1.67. The van der Waals surface area contributed by atoms with Crippen LogP contribution in [0.5, 0.6) is 0 Å². The second-order valence-electron chi connectivity index (χ2n) is 8.06. The molecule has 0 bridgehead atoms. The summed E-state index contributed by atoms with van der Waals surface area (Å²) in [5.41, 5.74) is 4.72. The van der Waals surface area contributed by atoms with Crippen LogP contribution in [0.4, 0.5) is 5.82 Å². The Morgan fingerprint density at radius 3 is 2.24 bits per heavy atom. The highest BCUT2D eigenvalue weighted by Gasteiger charge is 2.41. The van der Waals surface area contributed by atoms with Gasteiger partial charge in [0.1, 0.15) is 17.6 Å². The summed E-state index contributed by atoms with van der Waals surface area (Å²) in [6, 6.07) is 26.1. The third kappa shape index (κ3) is 4.23. The Labute approximate surface area is 191 Å². The van der Waals surface area contributed by atoms with Gasteiger partial charge in [-0.05, 0) is 23.3 Å². The minimum Gasteiger partial charge on any atom is -0.478 e. The fourth-order valence-electron chi connectivity index (χ4n) is 4.09. The first-order valence-electron chi connectivity index (χ1n) is 10.8. The number of carbonyl (C=O) groups is 2. The van der Waals surface area contributed by atoms with Crippen molar-refractivity contribution in [3.8, 4) is 11.3 Å². The quantitative estimate of drug-likeness (QED) is 0.447. The van der Waals surface area contributed by atoms with E-state index in [-0.39, 0.29) is 11.5 Å². The van der Waals surface area contributed by atoms with Gasteiger partial charge in [0.25, 0.3) is 0 Å². The lowest BCUT2D eigenvalue weighted by atomic mass is 10.0. The van der Waals surface area contributed by atoms with Crippen LogP contribution in [-0.4, -0.2) is 28.0 Å². The number of carboxylic acid groups (broad SMARTS) is 1. The molecule has 0 saturated heterocycles. The molecule has 0 aliphatic carbocycles. The average Bonchev–Trinajstić information content (AvgIpc) is 3.16. The van der Waals surface area contributed by atoms with Crippen LogP contribution in [0.2, 0.25) is 0 Å². The van der Waals surface area contributed by atoms with Gasteiger partial charge in [0.15, 0.2) is 6.04 Å². The monoisotopic (exact) mass is 436 g/mol. The summed E-state index contributed by atoms with van der Waals surface area (Å²) in [4.78, 5) is 29.4. The zero-order valence-corrected chi connectivity index (χ0v) is 17.8. The Hall–Kier alpha value is -4.32. The number of anilines is 1. The standard InChI is InChI=1S/C27H21N3O3/c31-26-23(16-19-11-13-21(14-12-19)27(32)33)29-25-22(15-18-7-3-1-4-8-18)28-24(17-30(25)26)20-9-5-2-6-10-20/h1-14,17,23H,15-16H2,(H,32,33)/p+1. The van der Waals surface area contributed by atoms with Crippen LogP contribution in [0.1, 0.15) is 32.0 Å². The Morgan fingerprint density at radius 2 is 1.58 bits per heavy atom. The number of aromatic nitrogens is 2. The minimum atomic E-state index is -0.968. The highest BCUT2D eigenvalue weighted by atomic mass is 16.4. The number of benzene rings is 3. The van der Waals surface area contributed by atoms with Gasteiger partial charge in [0.05, 0.1) is 5.56 Å². The molecule has 0 radical (unpaired) electrons. The molecule has 1 atom stereocenters. The molecule has 4 aromatic rings. The first-order valence-corrected chi connectivity index (χ1v) is 10.8. The van der Waals surface area contributed by atoms with Gasteiger partial charge in [-0.2, -0.15) is 4.57 Å². The van der Waals surface area contributed by atoms with Crippen molar-refractivity contribution < 1.29 is 19.3 Å². The Balaban J connectivity index is 1.50. The van der Waals surface area contributed by atoms with E-state index in [1.165, 1.54) is 0 Å². The summed E-state index contributed by atoms with van der Waals surface area (Å²) >= 11 is 0. The molecule has 33 heavy (non-hydrogen) atoms. The van der Waals surface area contributed by atoms with Crippen molar-refractivity contribution in [3.05, 3.63) is 114 Å². The molecule has 3 aromatic carbocycles.